The van der Waals surface area contributed by atoms with E-state index in [0.717, 1.165) is 11.3 Å². The molecule has 0 fully saturated rings. The summed E-state index contributed by atoms with van der Waals surface area (Å²) in [5, 5.41) is 0. The SMILES string of the molecule is C=C(Br)CNS(=O)(=O)c1ccc(Cl)s1. The van der Waals surface area contributed by atoms with Crippen molar-refractivity contribution in [2.45, 2.75) is 4.21 Å². The van der Waals surface area contributed by atoms with Gasteiger partial charge in [-0.25, -0.2) is 13.1 Å². The molecule has 0 saturated heterocycles. The first-order valence-corrected chi connectivity index (χ1v) is 6.97. The standard InChI is InChI=1S/C7H7BrClNO2S2/c1-5(8)4-10-14(11,12)7-3-2-6(9)13-7/h2-3,10H,1,4H2. The van der Waals surface area contributed by atoms with Gasteiger partial charge >= 0.3 is 0 Å². The molecule has 1 N–H and O–H groups in total. The Bertz CT molecular complexity index is 440. The molecule has 0 amide bonds. The van der Waals surface area contributed by atoms with Crippen LogP contribution in [0.25, 0.3) is 0 Å². The average Bonchev–Trinajstić information content (AvgIpc) is 2.49. The van der Waals surface area contributed by atoms with Crippen molar-refractivity contribution in [3.8, 4) is 0 Å². The lowest BCUT2D eigenvalue weighted by molar-refractivity contribution is 0.587. The molecule has 0 radical (unpaired) electrons. The van der Waals surface area contributed by atoms with Crippen molar-refractivity contribution < 1.29 is 8.42 Å². The van der Waals surface area contributed by atoms with Gasteiger partial charge in [0.25, 0.3) is 0 Å². The Morgan fingerprint density at radius 2 is 2.29 bits per heavy atom. The van der Waals surface area contributed by atoms with Crippen LogP contribution >= 0.6 is 38.9 Å². The van der Waals surface area contributed by atoms with Gasteiger partial charge in [-0.1, -0.05) is 34.1 Å². The summed E-state index contributed by atoms with van der Waals surface area (Å²) in [5.41, 5.74) is 0. The fourth-order valence-electron chi connectivity index (χ4n) is 0.687. The Morgan fingerprint density at radius 1 is 1.64 bits per heavy atom. The molecule has 1 aromatic rings. The van der Waals surface area contributed by atoms with Gasteiger partial charge in [0.1, 0.15) is 4.21 Å². The molecule has 3 nitrogen and oxygen atoms in total. The van der Waals surface area contributed by atoms with E-state index in [1.165, 1.54) is 6.07 Å². The first kappa shape index (κ1) is 12.2. The molecular weight excluding hydrogens is 310 g/mol. The van der Waals surface area contributed by atoms with Gasteiger partial charge < -0.3 is 0 Å². The summed E-state index contributed by atoms with van der Waals surface area (Å²) >= 11 is 9.71. The van der Waals surface area contributed by atoms with E-state index in [9.17, 15) is 8.42 Å². The van der Waals surface area contributed by atoms with Crippen LogP contribution in [-0.2, 0) is 10.0 Å². The maximum absolute atomic E-state index is 11.5. The molecule has 7 heteroatoms. The van der Waals surface area contributed by atoms with E-state index in [4.69, 9.17) is 11.6 Å². The summed E-state index contributed by atoms with van der Waals surface area (Å²) in [4.78, 5) is 0. The van der Waals surface area contributed by atoms with Gasteiger partial charge in [-0.3, -0.25) is 0 Å². The molecule has 1 rings (SSSR count). The van der Waals surface area contributed by atoms with E-state index in [2.05, 4.69) is 27.2 Å². The Kier molecular flexibility index (Phi) is 4.15. The molecule has 0 aliphatic rings. The van der Waals surface area contributed by atoms with Gasteiger partial charge in [-0.2, -0.15) is 0 Å². The van der Waals surface area contributed by atoms with Crippen LogP contribution in [0.3, 0.4) is 0 Å². The fourth-order valence-corrected chi connectivity index (χ4v) is 3.56. The third-order valence-electron chi connectivity index (χ3n) is 1.27. The van der Waals surface area contributed by atoms with Crippen LogP contribution in [0.5, 0.6) is 0 Å². The minimum Gasteiger partial charge on any atom is -0.206 e. The fraction of sp³-hybridized carbons (Fsp3) is 0.143. The lowest BCUT2D eigenvalue weighted by Crippen LogP contribution is -2.23. The molecule has 0 aromatic carbocycles. The number of thiophene rings is 1. The zero-order valence-electron chi connectivity index (χ0n) is 6.96. The largest absolute Gasteiger partial charge is 0.250 e. The summed E-state index contributed by atoms with van der Waals surface area (Å²) in [6.07, 6.45) is 0. The minimum absolute atomic E-state index is 0.165. The van der Waals surface area contributed by atoms with Crippen LogP contribution in [0.4, 0.5) is 0 Å². The molecule has 0 bridgehead atoms. The highest BCUT2D eigenvalue weighted by atomic mass is 79.9. The maximum Gasteiger partial charge on any atom is 0.250 e. The Balaban J connectivity index is 2.81. The van der Waals surface area contributed by atoms with Crippen LogP contribution in [0.15, 0.2) is 27.4 Å². The van der Waals surface area contributed by atoms with Gasteiger partial charge in [-0.05, 0) is 12.1 Å². The zero-order valence-corrected chi connectivity index (χ0v) is 10.9. The van der Waals surface area contributed by atoms with Gasteiger partial charge in [0.2, 0.25) is 10.0 Å². The first-order valence-electron chi connectivity index (χ1n) is 3.50. The highest BCUT2D eigenvalue weighted by molar-refractivity contribution is 9.11. The van der Waals surface area contributed by atoms with Crippen LogP contribution in [0.2, 0.25) is 4.34 Å². The van der Waals surface area contributed by atoms with E-state index >= 15 is 0 Å². The van der Waals surface area contributed by atoms with Crippen molar-refractivity contribution in [2.24, 2.45) is 0 Å². The second-order valence-electron chi connectivity index (χ2n) is 2.40. The van der Waals surface area contributed by atoms with Crippen molar-refractivity contribution in [1.82, 2.24) is 4.72 Å². The van der Waals surface area contributed by atoms with E-state index in [1.807, 2.05) is 0 Å². The summed E-state index contributed by atoms with van der Waals surface area (Å²) in [7, 11) is -3.44. The van der Waals surface area contributed by atoms with Gasteiger partial charge in [0, 0.05) is 11.0 Å². The molecule has 1 aromatic heterocycles. The number of sulfonamides is 1. The van der Waals surface area contributed by atoms with E-state index in [-0.39, 0.29) is 10.8 Å². The number of rotatable bonds is 4. The second-order valence-corrected chi connectivity index (χ2v) is 7.23. The molecule has 0 spiro atoms. The van der Waals surface area contributed by atoms with E-state index in [1.54, 1.807) is 6.07 Å². The molecule has 1 heterocycles. The second kappa shape index (κ2) is 4.76. The molecule has 0 aliphatic carbocycles. The minimum atomic E-state index is -3.44. The summed E-state index contributed by atoms with van der Waals surface area (Å²) in [5.74, 6) is 0. The third-order valence-corrected chi connectivity index (χ3v) is 4.67. The maximum atomic E-state index is 11.5. The predicted molar refractivity (Wildman–Crippen MR) is 62.6 cm³/mol. The molecule has 0 aliphatic heterocycles. The summed E-state index contributed by atoms with van der Waals surface area (Å²) in [6.45, 7) is 3.69. The smallest absolute Gasteiger partial charge is 0.206 e. The number of hydrogen-bond donors (Lipinski definition) is 1. The monoisotopic (exact) mass is 315 g/mol. The Labute approximate surface area is 100.0 Å². The number of hydrogen-bond acceptors (Lipinski definition) is 3. The Hall–Kier alpha value is 0.120. The predicted octanol–water partition coefficient (Wildman–Crippen LogP) is 2.59. The molecular formula is C7H7BrClNO2S2. The highest BCUT2D eigenvalue weighted by Gasteiger charge is 2.15. The normalized spacial score (nSPS) is 11.6. The molecule has 0 unspecified atom stereocenters. The quantitative estimate of drug-likeness (QED) is 0.928. The number of nitrogens with one attached hydrogen (secondary N) is 1. The van der Waals surface area contributed by atoms with Crippen LogP contribution in [-0.4, -0.2) is 15.0 Å². The van der Waals surface area contributed by atoms with Gasteiger partial charge in [0.15, 0.2) is 0 Å². The van der Waals surface area contributed by atoms with E-state index < -0.39 is 10.0 Å². The van der Waals surface area contributed by atoms with Crippen molar-refractivity contribution in [3.63, 3.8) is 0 Å². The topological polar surface area (TPSA) is 46.2 Å². The summed E-state index contributed by atoms with van der Waals surface area (Å²) in [6, 6.07) is 3.01. The van der Waals surface area contributed by atoms with Crippen LogP contribution < -0.4 is 4.72 Å². The van der Waals surface area contributed by atoms with Gasteiger partial charge in [-0.15, -0.1) is 11.3 Å². The first-order chi connectivity index (χ1) is 6.42. The summed E-state index contributed by atoms with van der Waals surface area (Å²) < 4.78 is 26.6. The average molecular weight is 317 g/mol. The molecule has 0 saturated carbocycles. The lowest BCUT2D eigenvalue weighted by Gasteiger charge is -2.02. The van der Waals surface area contributed by atoms with Crippen LogP contribution in [0, 0.1) is 0 Å². The zero-order chi connectivity index (χ0) is 10.8. The number of halogens is 2. The van der Waals surface area contributed by atoms with Gasteiger partial charge in [0.05, 0.1) is 4.34 Å². The molecule has 0 atom stereocenters. The van der Waals surface area contributed by atoms with Crippen LogP contribution in [0.1, 0.15) is 0 Å². The van der Waals surface area contributed by atoms with Crippen molar-refractivity contribution in [2.75, 3.05) is 6.54 Å². The molecule has 14 heavy (non-hydrogen) atoms. The highest BCUT2D eigenvalue weighted by Crippen LogP contribution is 2.25. The van der Waals surface area contributed by atoms with Crippen molar-refractivity contribution in [3.05, 3.63) is 27.5 Å². The Morgan fingerprint density at radius 3 is 2.71 bits per heavy atom. The van der Waals surface area contributed by atoms with Crippen molar-refractivity contribution >= 4 is 48.9 Å². The lowest BCUT2D eigenvalue weighted by atomic mass is 10.7. The van der Waals surface area contributed by atoms with Crippen molar-refractivity contribution in [1.29, 1.82) is 0 Å². The van der Waals surface area contributed by atoms with E-state index in [0.29, 0.717) is 8.82 Å². The molecule has 78 valence electrons. The third kappa shape index (κ3) is 3.36.